The average Bonchev–Trinajstić information content (AvgIpc) is 2.94. The molecule has 1 fully saturated rings. The maximum absolute atomic E-state index is 6.47. The van der Waals surface area contributed by atoms with Gasteiger partial charge in [-0.3, -0.25) is 9.80 Å². The maximum Gasteiger partial charge on any atom is 0.108 e. The van der Waals surface area contributed by atoms with Crippen molar-refractivity contribution in [1.29, 1.82) is 0 Å². The molecule has 1 heterocycles. The van der Waals surface area contributed by atoms with Crippen LogP contribution in [-0.4, -0.2) is 49.1 Å². The smallest absolute Gasteiger partial charge is 0.108 e. The normalized spacial score (nSPS) is 15.0. The highest BCUT2D eigenvalue weighted by atomic mass is 16.5. The van der Waals surface area contributed by atoms with E-state index >= 15 is 0 Å². The van der Waals surface area contributed by atoms with E-state index in [0.717, 1.165) is 39.3 Å². The fourth-order valence-electron chi connectivity index (χ4n) is 5.07. The van der Waals surface area contributed by atoms with Gasteiger partial charge in [0.2, 0.25) is 0 Å². The average molecular weight is 463 g/mol. The second-order valence-corrected chi connectivity index (χ2v) is 9.17. The summed E-state index contributed by atoms with van der Waals surface area (Å²) in [5, 5.41) is 0. The first-order valence-corrected chi connectivity index (χ1v) is 12.7. The Balaban J connectivity index is 1.20. The minimum absolute atomic E-state index is 0.0285. The van der Waals surface area contributed by atoms with E-state index < -0.39 is 0 Å². The quantitative estimate of drug-likeness (QED) is 0.295. The van der Waals surface area contributed by atoms with Gasteiger partial charge in [0.05, 0.1) is 12.6 Å². The molecular weight excluding hydrogens is 428 g/mol. The van der Waals surface area contributed by atoms with Gasteiger partial charge in [-0.15, -0.1) is 0 Å². The van der Waals surface area contributed by atoms with Gasteiger partial charge in [0, 0.05) is 32.7 Å². The Bertz CT molecular complexity index is 1050. The Hall–Kier alpha value is -3.24. The van der Waals surface area contributed by atoms with Crippen LogP contribution in [0.3, 0.4) is 0 Å². The molecule has 0 atom stereocenters. The van der Waals surface area contributed by atoms with Crippen LogP contribution in [-0.2, 0) is 4.74 Å². The van der Waals surface area contributed by atoms with E-state index in [2.05, 4.69) is 131 Å². The van der Waals surface area contributed by atoms with Crippen molar-refractivity contribution in [3.63, 3.8) is 0 Å². The molecule has 178 valence electrons. The zero-order chi connectivity index (χ0) is 23.7. The summed E-state index contributed by atoms with van der Waals surface area (Å²) < 4.78 is 6.47. The molecule has 3 heteroatoms. The monoisotopic (exact) mass is 462 g/mol. The van der Waals surface area contributed by atoms with Crippen molar-refractivity contribution in [2.24, 2.45) is 0 Å². The Labute approximate surface area is 209 Å². The van der Waals surface area contributed by atoms with Crippen molar-refractivity contribution < 1.29 is 4.74 Å². The molecule has 5 rings (SSSR count). The number of hydrogen-bond acceptors (Lipinski definition) is 3. The van der Waals surface area contributed by atoms with Crippen LogP contribution in [0, 0.1) is 0 Å². The predicted molar refractivity (Wildman–Crippen MR) is 143 cm³/mol. The lowest BCUT2D eigenvalue weighted by atomic mass is 9.96. The summed E-state index contributed by atoms with van der Waals surface area (Å²) in [4.78, 5) is 5.16. The minimum atomic E-state index is -0.0285. The summed E-state index contributed by atoms with van der Waals surface area (Å²) in [5.41, 5.74) is 5.14. The van der Waals surface area contributed by atoms with Crippen molar-refractivity contribution >= 4 is 0 Å². The van der Waals surface area contributed by atoms with Crippen molar-refractivity contribution in [2.45, 2.75) is 12.1 Å². The number of ether oxygens (including phenoxy) is 1. The van der Waals surface area contributed by atoms with Gasteiger partial charge in [-0.25, -0.2) is 0 Å². The van der Waals surface area contributed by atoms with Crippen LogP contribution in [0.4, 0.5) is 0 Å². The molecule has 0 spiro atoms. The van der Waals surface area contributed by atoms with Crippen LogP contribution in [0.2, 0.25) is 0 Å². The Morgan fingerprint density at radius 3 is 1.34 bits per heavy atom. The lowest BCUT2D eigenvalue weighted by molar-refractivity contribution is 0.0408. The fraction of sp³-hybridized carbons (Fsp3) is 0.250. The zero-order valence-corrected chi connectivity index (χ0v) is 20.2. The van der Waals surface area contributed by atoms with Crippen LogP contribution in [0.1, 0.15) is 34.4 Å². The molecule has 0 saturated carbocycles. The maximum atomic E-state index is 6.47. The second-order valence-electron chi connectivity index (χ2n) is 9.17. The molecule has 0 unspecified atom stereocenters. The Morgan fingerprint density at radius 1 is 0.514 bits per heavy atom. The van der Waals surface area contributed by atoms with Crippen molar-refractivity contribution in [1.82, 2.24) is 9.80 Å². The van der Waals surface area contributed by atoms with Gasteiger partial charge >= 0.3 is 0 Å². The van der Waals surface area contributed by atoms with E-state index in [-0.39, 0.29) is 6.10 Å². The summed E-state index contributed by atoms with van der Waals surface area (Å²) in [6, 6.07) is 43.2. The van der Waals surface area contributed by atoms with Crippen molar-refractivity contribution in [2.75, 3.05) is 39.3 Å². The summed E-state index contributed by atoms with van der Waals surface area (Å²) >= 11 is 0. The van der Waals surface area contributed by atoms with Crippen LogP contribution in [0.25, 0.3) is 0 Å². The molecule has 0 aliphatic carbocycles. The molecule has 0 amide bonds. The van der Waals surface area contributed by atoms with E-state index in [0.29, 0.717) is 6.04 Å². The summed E-state index contributed by atoms with van der Waals surface area (Å²) in [7, 11) is 0. The third-order valence-corrected chi connectivity index (χ3v) is 6.90. The lowest BCUT2D eigenvalue weighted by Gasteiger charge is -2.40. The van der Waals surface area contributed by atoms with Crippen LogP contribution < -0.4 is 0 Å². The van der Waals surface area contributed by atoms with Crippen LogP contribution in [0.5, 0.6) is 0 Å². The highest BCUT2D eigenvalue weighted by Gasteiger charge is 2.26. The molecule has 1 aliphatic heterocycles. The molecule has 4 aromatic rings. The first-order chi connectivity index (χ1) is 17.4. The van der Waals surface area contributed by atoms with Gasteiger partial charge < -0.3 is 4.74 Å². The first-order valence-electron chi connectivity index (χ1n) is 12.7. The van der Waals surface area contributed by atoms with Gasteiger partial charge in [-0.05, 0) is 22.3 Å². The van der Waals surface area contributed by atoms with E-state index in [1.165, 1.54) is 22.3 Å². The van der Waals surface area contributed by atoms with Crippen LogP contribution in [0.15, 0.2) is 121 Å². The SMILES string of the molecule is c1ccc(C(OCCN2CCN(C(c3ccccc3)c3ccccc3)CC2)c2ccccc2)cc1. The van der Waals surface area contributed by atoms with E-state index in [1.807, 2.05) is 0 Å². The fourth-order valence-corrected chi connectivity index (χ4v) is 5.07. The van der Waals surface area contributed by atoms with E-state index in [1.54, 1.807) is 0 Å². The molecule has 0 aromatic heterocycles. The molecule has 0 bridgehead atoms. The third-order valence-electron chi connectivity index (χ3n) is 6.90. The molecule has 1 saturated heterocycles. The highest BCUT2D eigenvalue weighted by molar-refractivity contribution is 5.32. The van der Waals surface area contributed by atoms with Gasteiger partial charge in [-0.1, -0.05) is 121 Å². The predicted octanol–water partition coefficient (Wildman–Crippen LogP) is 6.20. The molecule has 0 N–H and O–H groups in total. The van der Waals surface area contributed by atoms with E-state index in [4.69, 9.17) is 4.74 Å². The minimum Gasteiger partial charge on any atom is -0.367 e. The summed E-state index contributed by atoms with van der Waals surface area (Å²) in [6.07, 6.45) is -0.0285. The molecule has 1 aliphatic rings. The summed E-state index contributed by atoms with van der Waals surface area (Å²) in [6.45, 7) is 5.88. The first kappa shape index (κ1) is 23.5. The summed E-state index contributed by atoms with van der Waals surface area (Å²) in [5.74, 6) is 0. The molecule has 0 radical (unpaired) electrons. The number of rotatable bonds is 9. The third kappa shape index (κ3) is 6.07. The van der Waals surface area contributed by atoms with Crippen molar-refractivity contribution in [3.8, 4) is 0 Å². The lowest BCUT2D eigenvalue weighted by Crippen LogP contribution is -2.48. The molecule has 3 nitrogen and oxygen atoms in total. The van der Waals surface area contributed by atoms with Gasteiger partial charge in [-0.2, -0.15) is 0 Å². The van der Waals surface area contributed by atoms with Gasteiger partial charge in [0.1, 0.15) is 6.10 Å². The number of benzene rings is 4. The van der Waals surface area contributed by atoms with E-state index in [9.17, 15) is 0 Å². The van der Waals surface area contributed by atoms with Gasteiger partial charge in [0.15, 0.2) is 0 Å². The van der Waals surface area contributed by atoms with Gasteiger partial charge in [0.25, 0.3) is 0 Å². The second kappa shape index (κ2) is 11.9. The largest absolute Gasteiger partial charge is 0.367 e. The van der Waals surface area contributed by atoms with Crippen molar-refractivity contribution in [3.05, 3.63) is 144 Å². The molecular formula is C32H34N2O. The van der Waals surface area contributed by atoms with Crippen LogP contribution >= 0.6 is 0 Å². The Kier molecular flexibility index (Phi) is 8.02. The molecule has 4 aromatic carbocycles. The number of piperazine rings is 1. The molecule has 35 heavy (non-hydrogen) atoms. The zero-order valence-electron chi connectivity index (χ0n) is 20.2. The topological polar surface area (TPSA) is 15.7 Å². The number of hydrogen-bond donors (Lipinski definition) is 0. The Morgan fingerprint density at radius 2 is 0.914 bits per heavy atom. The highest BCUT2D eigenvalue weighted by Crippen LogP contribution is 2.30. The number of nitrogens with zero attached hydrogens (tertiary/aromatic N) is 2. The standard InChI is InChI=1S/C32H34N2O/c1-5-13-27(14-6-1)31(28-15-7-2-8-16-28)34-23-21-33(22-24-34)25-26-35-32(29-17-9-3-10-18-29)30-19-11-4-12-20-30/h1-20,31-32H,21-26H2.